The summed E-state index contributed by atoms with van der Waals surface area (Å²) in [4.78, 5) is 19.5. The second-order valence-electron chi connectivity index (χ2n) is 11.5. The normalized spacial score (nSPS) is 17.4. The first kappa shape index (κ1) is 30.6. The number of aliphatic imine (C=N–C) groups is 1. The molecule has 2 heterocycles. The van der Waals surface area contributed by atoms with E-state index in [-0.39, 0.29) is 5.96 Å². The molecule has 0 saturated heterocycles. The standard InChI is InChI=1S/C37H30Br2N5OP/c1-24-22-25(2)33(26(3)23-24)36-41-42-37-40-34(27-14-18-29(38)19-15-27)35(28-16-20-30(39)21-17-28)43-44(37)46(36,45,31-10-6-4-7-11-31)32-12-8-5-9-13-32/h4-23,45H,1-3H3. The number of guanidine groups is 1. The number of hydrazone groups is 1. The Morgan fingerprint density at radius 3 is 1.59 bits per heavy atom. The van der Waals surface area contributed by atoms with Crippen LogP contribution >= 0.6 is 38.8 Å². The molecule has 228 valence electrons. The number of fused-ring (bicyclic) bond motifs is 1. The molecule has 9 heteroatoms. The van der Waals surface area contributed by atoms with Gasteiger partial charge in [-0.15, -0.1) is 0 Å². The third-order valence-corrected chi connectivity index (χ3v) is 14.2. The Hall–Kier alpha value is -4.07. The van der Waals surface area contributed by atoms with Crippen LogP contribution in [-0.4, -0.2) is 32.5 Å². The van der Waals surface area contributed by atoms with E-state index in [0.717, 1.165) is 42.3 Å². The van der Waals surface area contributed by atoms with Gasteiger partial charge in [0.1, 0.15) is 0 Å². The van der Waals surface area contributed by atoms with Crippen LogP contribution in [0.25, 0.3) is 0 Å². The van der Waals surface area contributed by atoms with Gasteiger partial charge in [0.15, 0.2) is 0 Å². The predicted molar refractivity (Wildman–Crippen MR) is 199 cm³/mol. The van der Waals surface area contributed by atoms with Gasteiger partial charge < -0.3 is 0 Å². The molecule has 0 radical (unpaired) electrons. The van der Waals surface area contributed by atoms with E-state index >= 15 is 0 Å². The van der Waals surface area contributed by atoms with Gasteiger partial charge in [0.2, 0.25) is 0 Å². The minimum absolute atomic E-state index is 0.220. The summed E-state index contributed by atoms with van der Waals surface area (Å²) in [5, 5.41) is 16.5. The monoisotopic (exact) mass is 749 g/mol. The number of rotatable bonds is 5. The van der Waals surface area contributed by atoms with Crippen molar-refractivity contribution < 1.29 is 4.89 Å². The third kappa shape index (κ3) is 4.75. The summed E-state index contributed by atoms with van der Waals surface area (Å²) in [6.45, 7) is 1.42. The third-order valence-electron chi connectivity index (χ3n) is 8.44. The molecule has 2 aliphatic heterocycles. The summed E-state index contributed by atoms with van der Waals surface area (Å²) in [7, 11) is 0. The van der Waals surface area contributed by atoms with Crippen LogP contribution in [0.5, 0.6) is 0 Å². The molecule has 0 saturated carbocycles. The molecule has 2 aliphatic rings. The van der Waals surface area contributed by atoms with Crippen molar-refractivity contribution in [3.63, 3.8) is 0 Å². The fourth-order valence-corrected chi connectivity index (χ4v) is 11.5. The van der Waals surface area contributed by atoms with Gasteiger partial charge in [0, 0.05) is 0 Å². The fraction of sp³-hybridized carbons (Fsp3) is 0.0811. The van der Waals surface area contributed by atoms with E-state index in [4.69, 9.17) is 20.3 Å². The maximum absolute atomic E-state index is 14.4. The molecule has 7 rings (SSSR count). The number of nitrogens with zero attached hydrogens (tertiary/aromatic N) is 5. The summed E-state index contributed by atoms with van der Waals surface area (Å²) in [6, 6.07) is 39.7. The Morgan fingerprint density at radius 2 is 1.09 bits per heavy atom. The molecule has 0 amide bonds. The zero-order valence-corrected chi connectivity index (χ0v) is 29.5. The van der Waals surface area contributed by atoms with Crippen molar-refractivity contribution in [3.05, 3.63) is 164 Å². The van der Waals surface area contributed by atoms with E-state index in [1.54, 1.807) is 4.78 Å². The zero-order valence-electron chi connectivity index (χ0n) is 25.4. The fourth-order valence-electron chi connectivity index (χ4n) is 6.41. The van der Waals surface area contributed by atoms with E-state index < -0.39 is 6.98 Å². The molecule has 0 aliphatic carbocycles. The Morgan fingerprint density at radius 1 is 0.609 bits per heavy atom. The van der Waals surface area contributed by atoms with Gasteiger partial charge in [0.05, 0.1) is 0 Å². The Bertz CT molecular complexity index is 2050. The molecule has 5 aromatic rings. The van der Waals surface area contributed by atoms with Gasteiger partial charge in [-0.25, -0.2) is 0 Å². The summed E-state index contributed by atoms with van der Waals surface area (Å²) in [6.07, 6.45) is 0. The number of aryl methyl sites for hydroxylation is 3. The van der Waals surface area contributed by atoms with Crippen LogP contribution in [0.3, 0.4) is 0 Å². The number of halogens is 2. The topological polar surface area (TPSA) is 72.9 Å². The van der Waals surface area contributed by atoms with Crippen LogP contribution in [0.1, 0.15) is 33.4 Å². The molecule has 0 fully saturated rings. The first-order chi connectivity index (χ1) is 22.2. The second kappa shape index (κ2) is 11.6. The summed E-state index contributed by atoms with van der Waals surface area (Å²) in [5.41, 5.74) is 7.42. The second-order valence-corrected chi connectivity index (χ2v) is 17.2. The predicted octanol–water partition coefficient (Wildman–Crippen LogP) is 8.40. The van der Waals surface area contributed by atoms with Crippen molar-refractivity contribution in [2.75, 3.05) is 0 Å². The number of hydrogen-bond acceptors (Lipinski definition) is 6. The molecular weight excluding hydrogens is 721 g/mol. The van der Waals surface area contributed by atoms with Gasteiger partial charge in [0.25, 0.3) is 0 Å². The Labute approximate surface area is 285 Å². The molecule has 5 aromatic carbocycles. The molecule has 0 spiro atoms. The quantitative estimate of drug-likeness (QED) is 0.183. The van der Waals surface area contributed by atoms with Crippen LogP contribution < -0.4 is 10.6 Å². The van der Waals surface area contributed by atoms with E-state index in [1.165, 1.54) is 0 Å². The first-order valence-corrected chi connectivity index (χ1v) is 18.5. The Kier molecular flexibility index (Phi) is 7.73. The summed E-state index contributed by atoms with van der Waals surface area (Å²) < 4.78 is 3.60. The summed E-state index contributed by atoms with van der Waals surface area (Å²) in [5.74, 6) is 0.220. The van der Waals surface area contributed by atoms with E-state index in [1.807, 2.05) is 109 Å². The molecular formula is C37H30Br2N5OP. The molecule has 1 N–H and O–H groups in total. The minimum atomic E-state index is -4.77. The molecule has 6 nitrogen and oxygen atoms in total. The van der Waals surface area contributed by atoms with Crippen molar-refractivity contribution in [1.29, 1.82) is 0 Å². The van der Waals surface area contributed by atoms with Crippen LogP contribution in [0.4, 0.5) is 0 Å². The average molecular weight is 751 g/mol. The van der Waals surface area contributed by atoms with Crippen molar-refractivity contribution in [2.24, 2.45) is 20.3 Å². The van der Waals surface area contributed by atoms with Crippen molar-refractivity contribution >= 4 is 72.3 Å². The molecule has 0 unspecified atom stereocenters. The van der Waals surface area contributed by atoms with Gasteiger partial charge in [-0.3, -0.25) is 0 Å². The molecule has 0 aromatic heterocycles. The van der Waals surface area contributed by atoms with Crippen molar-refractivity contribution in [3.8, 4) is 0 Å². The van der Waals surface area contributed by atoms with Gasteiger partial charge in [-0.05, 0) is 0 Å². The van der Waals surface area contributed by atoms with Gasteiger partial charge >= 0.3 is 287 Å². The van der Waals surface area contributed by atoms with E-state index in [2.05, 4.69) is 64.8 Å². The van der Waals surface area contributed by atoms with Gasteiger partial charge in [-0.2, -0.15) is 0 Å². The SMILES string of the molecule is Cc1cc(C)c(C2=NN=C3N=C(c4ccc(Br)cc4)C(c4ccc(Br)cc4)=NN3P2(O)(c2ccccc2)c2ccccc2)c(C)c1. The van der Waals surface area contributed by atoms with Crippen LogP contribution in [0, 0.1) is 20.8 Å². The van der Waals surface area contributed by atoms with Crippen LogP contribution in [0.2, 0.25) is 0 Å². The molecule has 0 bridgehead atoms. The average Bonchev–Trinajstić information content (AvgIpc) is 3.06. The zero-order chi connectivity index (χ0) is 32.1. The van der Waals surface area contributed by atoms with Crippen LogP contribution in [-0.2, 0) is 0 Å². The number of benzene rings is 5. The van der Waals surface area contributed by atoms with Crippen molar-refractivity contribution in [1.82, 2.24) is 4.78 Å². The van der Waals surface area contributed by atoms with Gasteiger partial charge in [-0.1, -0.05) is 0 Å². The summed E-state index contributed by atoms with van der Waals surface area (Å²) >= 11 is 7.14. The maximum atomic E-state index is 14.4. The number of hydrogen-bond donors (Lipinski definition) is 1. The molecule has 46 heavy (non-hydrogen) atoms. The van der Waals surface area contributed by atoms with E-state index in [0.29, 0.717) is 27.5 Å². The Balaban J connectivity index is 1.63. The van der Waals surface area contributed by atoms with Crippen LogP contribution in [0.15, 0.2) is 151 Å². The molecule has 0 atom stereocenters. The van der Waals surface area contributed by atoms with E-state index in [9.17, 15) is 4.89 Å². The first-order valence-electron chi connectivity index (χ1n) is 14.8. The van der Waals surface area contributed by atoms with Crippen molar-refractivity contribution in [2.45, 2.75) is 20.8 Å².